The molecular weight excluding hydrogens is 247 g/mol. The monoisotopic (exact) mass is 262 g/mol. The van der Waals surface area contributed by atoms with E-state index in [2.05, 4.69) is 5.16 Å². The van der Waals surface area contributed by atoms with Gasteiger partial charge in [-0.15, -0.1) is 0 Å². The summed E-state index contributed by atoms with van der Waals surface area (Å²) in [6.45, 7) is 1.40. The molecular formula is C14H15FN2O2. The molecule has 1 fully saturated rings. The van der Waals surface area contributed by atoms with Crippen molar-refractivity contribution in [3.8, 4) is 11.1 Å². The third kappa shape index (κ3) is 2.33. The lowest BCUT2D eigenvalue weighted by Gasteiger charge is -2.20. The van der Waals surface area contributed by atoms with Crippen LogP contribution in [0.25, 0.3) is 11.1 Å². The van der Waals surface area contributed by atoms with Crippen LogP contribution in [0.1, 0.15) is 24.5 Å². The van der Waals surface area contributed by atoms with Gasteiger partial charge in [-0.3, -0.25) is 0 Å². The van der Waals surface area contributed by atoms with E-state index in [-0.39, 0.29) is 11.7 Å². The number of anilines is 1. The number of hydrogen-bond donors (Lipinski definition) is 1. The van der Waals surface area contributed by atoms with Crippen LogP contribution >= 0.6 is 0 Å². The maximum Gasteiger partial charge on any atom is 0.175 e. The lowest BCUT2D eigenvalue weighted by atomic mass is 9.92. The number of ether oxygens (including phenoxy) is 1. The summed E-state index contributed by atoms with van der Waals surface area (Å²) < 4.78 is 24.1. The second kappa shape index (κ2) is 5.01. The molecule has 0 amide bonds. The highest BCUT2D eigenvalue weighted by molar-refractivity contribution is 5.76. The molecule has 1 saturated heterocycles. The quantitative estimate of drug-likeness (QED) is 0.903. The molecule has 3 rings (SSSR count). The molecule has 0 spiro atoms. The van der Waals surface area contributed by atoms with E-state index in [1.54, 1.807) is 6.07 Å². The maximum atomic E-state index is 13.4. The molecule has 0 atom stereocenters. The average molecular weight is 262 g/mol. The van der Waals surface area contributed by atoms with Gasteiger partial charge in [0.25, 0.3) is 0 Å². The fraction of sp³-hybridized carbons (Fsp3) is 0.357. The molecule has 0 unspecified atom stereocenters. The standard InChI is InChI=1S/C14H15FN2O2/c15-11-3-1-2-10(8-11)12-13(19-17-14(12)16)9-4-6-18-7-5-9/h1-3,8-9H,4-7H2,(H2,16,17). The van der Waals surface area contributed by atoms with Crippen molar-refractivity contribution in [2.45, 2.75) is 18.8 Å². The van der Waals surface area contributed by atoms with Gasteiger partial charge in [0.2, 0.25) is 0 Å². The van der Waals surface area contributed by atoms with Crippen LogP contribution in [0.4, 0.5) is 10.2 Å². The summed E-state index contributed by atoms with van der Waals surface area (Å²) in [5, 5.41) is 3.84. The smallest absolute Gasteiger partial charge is 0.175 e. The zero-order chi connectivity index (χ0) is 13.2. The van der Waals surface area contributed by atoms with Crippen LogP contribution in [-0.2, 0) is 4.74 Å². The molecule has 0 bridgehead atoms. The van der Waals surface area contributed by atoms with Gasteiger partial charge in [-0.2, -0.15) is 0 Å². The van der Waals surface area contributed by atoms with E-state index in [0.29, 0.717) is 30.2 Å². The van der Waals surface area contributed by atoms with Crippen LogP contribution in [0.2, 0.25) is 0 Å². The Bertz CT molecular complexity index is 577. The summed E-state index contributed by atoms with van der Waals surface area (Å²) in [4.78, 5) is 0. The summed E-state index contributed by atoms with van der Waals surface area (Å²) >= 11 is 0. The van der Waals surface area contributed by atoms with Gasteiger partial charge in [0.05, 0.1) is 5.56 Å². The van der Waals surface area contributed by atoms with Crippen molar-refractivity contribution >= 4 is 5.82 Å². The van der Waals surface area contributed by atoms with E-state index in [9.17, 15) is 4.39 Å². The molecule has 5 heteroatoms. The first-order chi connectivity index (χ1) is 9.25. The lowest BCUT2D eigenvalue weighted by Crippen LogP contribution is -2.14. The molecule has 4 nitrogen and oxygen atoms in total. The third-order valence-corrected chi connectivity index (χ3v) is 3.45. The summed E-state index contributed by atoms with van der Waals surface area (Å²) in [5.41, 5.74) is 7.29. The zero-order valence-corrected chi connectivity index (χ0v) is 10.4. The Kier molecular flexibility index (Phi) is 3.21. The van der Waals surface area contributed by atoms with E-state index >= 15 is 0 Å². The Balaban J connectivity index is 2.03. The first-order valence-corrected chi connectivity index (χ1v) is 6.34. The van der Waals surface area contributed by atoms with E-state index in [4.69, 9.17) is 15.0 Å². The molecule has 1 aliphatic heterocycles. The predicted octanol–water partition coefficient (Wildman–Crippen LogP) is 2.96. The normalized spacial score (nSPS) is 16.7. The number of halogens is 1. The van der Waals surface area contributed by atoms with Crippen molar-refractivity contribution in [2.24, 2.45) is 0 Å². The summed E-state index contributed by atoms with van der Waals surface area (Å²) in [7, 11) is 0. The van der Waals surface area contributed by atoms with Gasteiger partial charge in [-0.25, -0.2) is 4.39 Å². The number of benzene rings is 1. The van der Waals surface area contributed by atoms with Crippen molar-refractivity contribution in [1.82, 2.24) is 5.16 Å². The number of hydrogen-bond acceptors (Lipinski definition) is 4. The van der Waals surface area contributed by atoms with Gasteiger partial charge in [0.1, 0.15) is 11.6 Å². The van der Waals surface area contributed by atoms with Crippen molar-refractivity contribution in [2.75, 3.05) is 18.9 Å². The molecule has 0 saturated carbocycles. The van der Waals surface area contributed by atoms with E-state index in [0.717, 1.165) is 18.6 Å². The minimum absolute atomic E-state index is 0.233. The number of nitrogens with two attached hydrogens (primary N) is 1. The molecule has 0 aliphatic carbocycles. The Hall–Kier alpha value is -1.88. The molecule has 0 radical (unpaired) electrons. The molecule has 1 aromatic heterocycles. The Morgan fingerprint density at radius 3 is 2.79 bits per heavy atom. The van der Waals surface area contributed by atoms with E-state index in [1.807, 2.05) is 6.07 Å². The SMILES string of the molecule is Nc1noc(C2CCOCC2)c1-c1cccc(F)c1. The average Bonchev–Trinajstić information content (AvgIpc) is 2.82. The largest absolute Gasteiger partial charge is 0.381 e. The Labute approximate surface area is 110 Å². The van der Waals surface area contributed by atoms with Crippen LogP contribution in [0.5, 0.6) is 0 Å². The summed E-state index contributed by atoms with van der Waals surface area (Å²) in [6, 6.07) is 6.33. The topological polar surface area (TPSA) is 61.3 Å². The molecule has 2 N–H and O–H groups in total. The number of rotatable bonds is 2. The fourth-order valence-electron chi connectivity index (χ4n) is 2.49. The molecule has 100 valence electrons. The highest BCUT2D eigenvalue weighted by Gasteiger charge is 2.26. The van der Waals surface area contributed by atoms with Crippen molar-refractivity contribution in [1.29, 1.82) is 0 Å². The van der Waals surface area contributed by atoms with Gasteiger partial charge in [-0.05, 0) is 30.5 Å². The van der Waals surface area contributed by atoms with Crippen LogP contribution in [0.15, 0.2) is 28.8 Å². The number of aromatic nitrogens is 1. The van der Waals surface area contributed by atoms with Crippen molar-refractivity contribution in [3.05, 3.63) is 35.8 Å². The van der Waals surface area contributed by atoms with Crippen LogP contribution in [0, 0.1) is 5.82 Å². The van der Waals surface area contributed by atoms with E-state index < -0.39 is 0 Å². The maximum absolute atomic E-state index is 13.4. The van der Waals surface area contributed by atoms with Crippen LogP contribution in [-0.4, -0.2) is 18.4 Å². The number of nitrogens with zero attached hydrogens (tertiary/aromatic N) is 1. The fourth-order valence-corrected chi connectivity index (χ4v) is 2.49. The predicted molar refractivity (Wildman–Crippen MR) is 69.1 cm³/mol. The van der Waals surface area contributed by atoms with Gasteiger partial charge >= 0.3 is 0 Å². The first-order valence-electron chi connectivity index (χ1n) is 6.34. The lowest BCUT2D eigenvalue weighted by molar-refractivity contribution is 0.0792. The van der Waals surface area contributed by atoms with Gasteiger partial charge in [0, 0.05) is 19.1 Å². The summed E-state index contributed by atoms with van der Waals surface area (Å²) in [5.74, 6) is 0.992. The van der Waals surface area contributed by atoms with Crippen LogP contribution < -0.4 is 5.73 Å². The molecule has 2 heterocycles. The first kappa shape index (κ1) is 12.2. The highest BCUT2D eigenvalue weighted by Crippen LogP contribution is 2.38. The minimum Gasteiger partial charge on any atom is -0.381 e. The second-order valence-corrected chi connectivity index (χ2v) is 4.70. The highest BCUT2D eigenvalue weighted by atomic mass is 19.1. The Morgan fingerprint density at radius 1 is 1.26 bits per heavy atom. The molecule has 1 aromatic carbocycles. The Morgan fingerprint density at radius 2 is 2.05 bits per heavy atom. The van der Waals surface area contributed by atoms with Gasteiger partial charge in [0.15, 0.2) is 5.82 Å². The zero-order valence-electron chi connectivity index (χ0n) is 10.4. The second-order valence-electron chi connectivity index (χ2n) is 4.70. The molecule has 19 heavy (non-hydrogen) atoms. The van der Waals surface area contributed by atoms with Crippen LogP contribution in [0.3, 0.4) is 0 Å². The van der Waals surface area contributed by atoms with E-state index in [1.165, 1.54) is 12.1 Å². The van der Waals surface area contributed by atoms with Crippen molar-refractivity contribution < 1.29 is 13.7 Å². The summed E-state index contributed by atoms with van der Waals surface area (Å²) in [6.07, 6.45) is 1.74. The molecule has 2 aromatic rings. The third-order valence-electron chi connectivity index (χ3n) is 3.45. The minimum atomic E-state index is -0.295. The van der Waals surface area contributed by atoms with Gasteiger partial charge in [-0.1, -0.05) is 17.3 Å². The van der Waals surface area contributed by atoms with Gasteiger partial charge < -0.3 is 15.0 Å². The number of nitrogen functional groups attached to an aromatic ring is 1. The van der Waals surface area contributed by atoms with Crippen molar-refractivity contribution in [3.63, 3.8) is 0 Å². The molecule has 1 aliphatic rings.